The summed E-state index contributed by atoms with van der Waals surface area (Å²) in [7, 11) is 1.72. The van der Waals surface area contributed by atoms with Gasteiger partial charge in [0, 0.05) is 26.2 Å². The first kappa shape index (κ1) is 15.7. The topological polar surface area (TPSA) is 96.5 Å². The molecule has 0 aliphatic carbocycles. The monoisotopic (exact) mass is 297 g/mol. The molecule has 0 aromatic carbocycles. The average molecular weight is 297 g/mol. The van der Waals surface area contributed by atoms with E-state index in [1.54, 1.807) is 11.7 Å². The van der Waals surface area contributed by atoms with Crippen LogP contribution in [0.15, 0.2) is 0 Å². The number of nitrogens with zero attached hydrogens (tertiary/aromatic N) is 4. The van der Waals surface area contributed by atoms with Crippen molar-refractivity contribution < 1.29 is 10.0 Å². The smallest absolute Gasteiger partial charge is 0.334 e. The molecule has 1 saturated heterocycles. The molecule has 0 saturated carbocycles. The van der Waals surface area contributed by atoms with Gasteiger partial charge in [-0.25, -0.2) is 4.68 Å². The molecule has 8 heteroatoms. The van der Waals surface area contributed by atoms with Crippen molar-refractivity contribution in [3.05, 3.63) is 15.8 Å². The van der Waals surface area contributed by atoms with Gasteiger partial charge in [0.05, 0.1) is 11.5 Å². The molecular weight excluding hydrogens is 274 g/mol. The number of hydrogen-bond donors (Lipinski definition) is 2. The van der Waals surface area contributed by atoms with E-state index in [1.807, 2.05) is 11.8 Å². The van der Waals surface area contributed by atoms with Crippen molar-refractivity contribution >= 4 is 11.5 Å². The largest absolute Gasteiger partial charge is 0.395 e. The maximum atomic E-state index is 11.4. The molecule has 1 aliphatic rings. The fraction of sp³-hybridized carbons (Fsp3) is 0.769. The normalized spacial score (nSPS) is 18.1. The van der Waals surface area contributed by atoms with Gasteiger partial charge in [-0.1, -0.05) is 6.92 Å². The zero-order chi connectivity index (χ0) is 15.4. The van der Waals surface area contributed by atoms with Crippen molar-refractivity contribution in [3.8, 4) is 0 Å². The molecule has 1 aromatic rings. The summed E-state index contributed by atoms with van der Waals surface area (Å²) in [5.74, 6) is 0.486. The van der Waals surface area contributed by atoms with Gasteiger partial charge >= 0.3 is 5.69 Å². The molecule has 1 aromatic heterocycles. The summed E-state index contributed by atoms with van der Waals surface area (Å²) in [4.78, 5) is 12.9. The van der Waals surface area contributed by atoms with Crippen molar-refractivity contribution in [2.45, 2.75) is 32.2 Å². The highest BCUT2D eigenvalue weighted by Gasteiger charge is 2.31. The second-order valence-corrected chi connectivity index (χ2v) is 5.32. The second-order valence-electron chi connectivity index (χ2n) is 5.32. The van der Waals surface area contributed by atoms with Crippen molar-refractivity contribution in [2.75, 3.05) is 31.1 Å². The number of rotatable bonds is 7. The highest BCUT2D eigenvalue weighted by molar-refractivity contribution is 5.61. The van der Waals surface area contributed by atoms with E-state index >= 15 is 0 Å². The Morgan fingerprint density at radius 1 is 1.62 bits per heavy atom. The number of anilines is 1. The van der Waals surface area contributed by atoms with Gasteiger partial charge in [-0.3, -0.25) is 10.1 Å². The summed E-state index contributed by atoms with van der Waals surface area (Å²) < 4.78 is 1.56. The Morgan fingerprint density at radius 3 is 2.90 bits per heavy atom. The summed E-state index contributed by atoms with van der Waals surface area (Å²) in [5.41, 5.74) is 0.547. The molecule has 0 radical (unpaired) electrons. The third kappa shape index (κ3) is 3.33. The lowest BCUT2D eigenvalue weighted by molar-refractivity contribution is -0.384. The number of aliphatic hydroxyl groups is 1. The number of aliphatic hydroxyl groups excluding tert-OH is 1. The highest BCUT2D eigenvalue weighted by atomic mass is 16.6. The van der Waals surface area contributed by atoms with Crippen molar-refractivity contribution in [1.29, 1.82) is 0 Å². The Labute approximate surface area is 123 Å². The number of aromatic nitrogens is 2. The molecule has 21 heavy (non-hydrogen) atoms. The third-order valence-electron chi connectivity index (χ3n) is 3.85. The molecule has 118 valence electrons. The van der Waals surface area contributed by atoms with E-state index in [2.05, 4.69) is 10.4 Å². The molecular formula is C13H23N5O3. The van der Waals surface area contributed by atoms with Crippen molar-refractivity contribution in [2.24, 2.45) is 7.05 Å². The van der Waals surface area contributed by atoms with Crippen LogP contribution >= 0.6 is 0 Å². The lowest BCUT2D eigenvalue weighted by atomic mass is 10.2. The molecule has 0 amide bonds. The summed E-state index contributed by atoms with van der Waals surface area (Å²) >= 11 is 0. The molecule has 1 aliphatic heterocycles. The first-order valence-electron chi connectivity index (χ1n) is 7.37. The Kier molecular flexibility index (Phi) is 5.13. The lowest BCUT2D eigenvalue weighted by Gasteiger charge is -2.26. The molecule has 2 heterocycles. The molecule has 8 nitrogen and oxygen atoms in total. The van der Waals surface area contributed by atoms with Crippen molar-refractivity contribution in [3.63, 3.8) is 0 Å². The lowest BCUT2D eigenvalue weighted by Crippen LogP contribution is -2.40. The SMILES string of the molecule is CCc1nn(C)c(N(CCO)CC2CCCN2)c1[N+](=O)[O-]. The average Bonchev–Trinajstić information content (AvgIpc) is 3.05. The van der Waals surface area contributed by atoms with Gasteiger partial charge in [0.15, 0.2) is 0 Å². The predicted molar refractivity (Wildman–Crippen MR) is 79.6 cm³/mol. The van der Waals surface area contributed by atoms with Gasteiger partial charge in [0.1, 0.15) is 5.69 Å². The quantitative estimate of drug-likeness (QED) is 0.560. The van der Waals surface area contributed by atoms with E-state index < -0.39 is 0 Å². The zero-order valence-corrected chi connectivity index (χ0v) is 12.6. The second kappa shape index (κ2) is 6.86. The van der Waals surface area contributed by atoms with E-state index in [0.717, 1.165) is 19.4 Å². The first-order chi connectivity index (χ1) is 10.1. The van der Waals surface area contributed by atoms with Crippen LogP contribution in [0.5, 0.6) is 0 Å². The van der Waals surface area contributed by atoms with Gasteiger partial charge in [0.2, 0.25) is 5.82 Å². The summed E-state index contributed by atoms with van der Waals surface area (Å²) in [6.45, 7) is 3.79. The van der Waals surface area contributed by atoms with E-state index in [4.69, 9.17) is 0 Å². The van der Waals surface area contributed by atoms with Gasteiger partial charge in [-0.2, -0.15) is 5.10 Å². The van der Waals surface area contributed by atoms with Crippen LogP contribution in [0.4, 0.5) is 11.5 Å². The van der Waals surface area contributed by atoms with Gasteiger partial charge < -0.3 is 15.3 Å². The van der Waals surface area contributed by atoms with E-state index in [1.165, 1.54) is 0 Å². The Hall–Kier alpha value is -1.67. The molecule has 2 rings (SSSR count). The van der Waals surface area contributed by atoms with Crippen LogP contribution in [-0.4, -0.2) is 52.1 Å². The van der Waals surface area contributed by atoms with Crippen LogP contribution in [-0.2, 0) is 13.5 Å². The molecule has 1 fully saturated rings. The van der Waals surface area contributed by atoms with Gasteiger partial charge in [-0.05, 0) is 25.8 Å². The Balaban J connectivity index is 2.33. The number of aryl methyl sites for hydroxylation is 2. The fourth-order valence-corrected chi connectivity index (χ4v) is 2.92. The molecule has 1 unspecified atom stereocenters. The number of nitro groups is 1. The minimum atomic E-state index is -0.367. The maximum Gasteiger partial charge on any atom is 0.334 e. The van der Waals surface area contributed by atoms with E-state index in [-0.39, 0.29) is 17.2 Å². The minimum Gasteiger partial charge on any atom is -0.395 e. The minimum absolute atomic E-state index is 0.0451. The van der Waals surface area contributed by atoms with Crippen LogP contribution in [0.3, 0.4) is 0 Å². The zero-order valence-electron chi connectivity index (χ0n) is 12.6. The molecule has 2 N–H and O–H groups in total. The molecule has 0 spiro atoms. The van der Waals surface area contributed by atoms with Crippen LogP contribution in [0.2, 0.25) is 0 Å². The van der Waals surface area contributed by atoms with Gasteiger partial charge in [0.25, 0.3) is 0 Å². The van der Waals surface area contributed by atoms with E-state index in [0.29, 0.717) is 37.1 Å². The van der Waals surface area contributed by atoms with Crippen LogP contribution in [0.1, 0.15) is 25.5 Å². The fourth-order valence-electron chi connectivity index (χ4n) is 2.92. The Bertz CT molecular complexity index is 496. The molecule has 1 atom stereocenters. The van der Waals surface area contributed by atoms with E-state index in [9.17, 15) is 15.2 Å². The summed E-state index contributed by atoms with van der Waals surface area (Å²) in [6.07, 6.45) is 2.68. The first-order valence-corrected chi connectivity index (χ1v) is 7.37. The van der Waals surface area contributed by atoms with Crippen molar-refractivity contribution in [1.82, 2.24) is 15.1 Å². The van der Waals surface area contributed by atoms with Gasteiger partial charge in [-0.15, -0.1) is 0 Å². The summed E-state index contributed by atoms with van der Waals surface area (Å²) in [6, 6.07) is 0.302. The standard InChI is InChI=1S/C13H23N5O3/c1-3-11-12(18(20)21)13(16(2)15-11)17(7-8-19)9-10-5-4-6-14-10/h10,14,19H,3-9H2,1-2H3. The third-order valence-corrected chi connectivity index (χ3v) is 3.85. The number of nitrogens with one attached hydrogen (secondary N) is 1. The predicted octanol–water partition coefficient (Wildman–Crippen LogP) is 0.441. The number of hydrogen-bond acceptors (Lipinski definition) is 6. The highest BCUT2D eigenvalue weighted by Crippen LogP contribution is 2.32. The summed E-state index contributed by atoms with van der Waals surface area (Å²) in [5, 5.41) is 28.3. The molecule has 0 bridgehead atoms. The van der Waals surface area contributed by atoms with Crippen LogP contribution in [0, 0.1) is 10.1 Å². The van der Waals surface area contributed by atoms with Crippen LogP contribution in [0.25, 0.3) is 0 Å². The van der Waals surface area contributed by atoms with Crippen LogP contribution < -0.4 is 10.2 Å². The maximum absolute atomic E-state index is 11.4. The Morgan fingerprint density at radius 2 is 2.38 bits per heavy atom.